The molecular formula is C24H22N4O2S. The molecule has 0 unspecified atom stereocenters. The van der Waals surface area contributed by atoms with E-state index in [0.717, 1.165) is 12.8 Å². The van der Waals surface area contributed by atoms with Gasteiger partial charge in [-0.1, -0.05) is 54.2 Å². The van der Waals surface area contributed by atoms with Gasteiger partial charge < -0.3 is 5.32 Å². The van der Waals surface area contributed by atoms with Crippen molar-refractivity contribution in [2.75, 3.05) is 12.3 Å². The van der Waals surface area contributed by atoms with Crippen LogP contribution in [0.25, 0.3) is 16.6 Å². The maximum absolute atomic E-state index is 13.1. The van der Waals surface area contributed by atoms with E-state index in [9.17, 15) is 9.59 Å². The summed E-state index contributed by atoms with van der Waals surface area (Å²) in [6.45, 7) is 0.606. The van der Waals surface area contributed by atoms with E-state index in [1.54, 1.807) is 36.7 Å². The van der Waals surface area contributed by atoms with Gasteiger partial charge in [0.25, 0.3) is 5.56 Å². The lowest BCUT2D eigenvalue weighted by Gasteiger charge is -2.13. The number of pyridine rings is 1. The van der Waals surface area contributed by atoms with E-state index in [4.69, 9.17) is 0 Å². The third-order valence-corrected chi connectivity index (χ3v) is 5.73. The van der Waals surface area contributed by atoms with Crippen molar-refractivity contribution in [2.24, 2.45) is 0 Å². The predicted molar refractivity (Wildman–Crippen MR) is 124 cm³/mol. The maximum atomic E-state index is 13.1. The minimum atomic E-state index is -0.177. The fraction of sp³-hybridized carbons (Fsp3) is 0.167. The van der Waals surface area contributed by atoms with E-state index >= 15 is 0 Å². The number of nitrogens with one attached hydrogen (secondary N) is 1. The number of aromatic nitrogens is 3. The van der Waals surface area contributed by atoms with Gasteiger partial charge in [-0.25, -0.2) is 4.98 Å². The number of para-hydroxylation sites is 1. The Morgan fingerprint density at radius 3 is 2.61 bits per heavy atom. The van der Waals surface area contributed by atoms with Gasteiger partial charge in [0.1, 0.15) is 0 Å². The molecule has 0 radical (unpaired) electrons. The normalized spacial score (nSPS) is 10.8. The molecule has 0 atom stereocenters. The molecule has 1 amide bonds. The van der Waals surface area contributed by atoms with Crippen LogP contribution in [0.15, 0.2) is 89.1 Å². The van der Waals surface area contributed by atoms with Crippen molar-refractivity contribution in [3.05, 3.63) is 95.0 Å². The number of rotatable bonds is 8. The van der Waals surface area contributed by atoms with Crippen molar-refractivity contribution in [3.63, 3.8) is 0 Å². The lowest BCUT2D eigenvalue weighted by molar-refractivity contribution is -0.118. The highest BCUT2D eigenvalue weighted by Gasteiger charge is 2.14. The second-order valence-corrected chi connectivity index (χ2v) is 7.93. The molecule has 4 aromatic rings. The largest absolute Gasteiger partial charge is 0.355 e. The van der Waals surface area contributed by atoms with Crippen molar-refractivity contribution >= 4 is 28.6 Å². The highest BCUT2D eigenvalue weighted by atomic mass is 32.2. The van der Waals surface area contributed by atoms with Gasteiger partial charge in [0.05, 0.1) is 28.5 Å². The molecule has 7 heteroatoms. The van der Waals surface area contributed by atoms with Crippen molar-refractivity contribution < 1.29 is 4.79 Å². The minimum absolute atomic E-state index is 0.0850. The van der Waals surface area contributed by atoms with Crippen molar-refractivity contribution in [2.45, 2.75) is 18.0 Å². The fourth-order valence-electron chi connectivity index (χ4n) is 3.27. The summed E-state index contributed by atoms with van der Waals surface area (Å²) in [7, 11) is 0. The molecule has 2 heterocycles. The van der Waals surface area contributed by atoms with Crippen LogP contribution in [0.2, 0.25) is 0 Å². The summed E-state index contributed by atoms with van der Waals surface area (Å²) in [6.07, 6.45) is 5.06. The number of fused-ring (bicyclic) bond motifs is 1. The molecule has 0 saturated carbocycles. The van der Waals surface area contributed by atoms with Crippen molar-refractivity contribution in [1.82, 2.24) is 19.9 Å². The molecule has 0 spiro atoms. The van der Waals surface area contributed by atoms with Crippen LogP contribution in [0.3, 0.4) is 0 Å². The minimum Gasteiger partial charge on any atom is -0.355 e. The maximum Gasteiger partial charge on any atom is 0.266 e. The summed E-state index contributed by atoms with van der Waals surface area (Å²) in [6, 6.07) is 21.0. The van der Waals surface area contributed by atoms with E-state index in [1.807, 2.05) is 30.3 Å². The zero-order chi connectivity index (χ0) is 21.5. The molecule has 0 aliphatic rings. The summed E-state index contributed by atoms with van der Waals surface area (Å²) in [5, 5.41) is 3.94. The number of aryl methyl sites for hydroxylation is 1. The summed E-state index contributed by atoms with van der Waals surface area (Å²) >= 11 is 1.25. The first-order valence-electron chi connectivity index (χ1n) is 10.1. The zero-order valence-electron chi connectivity index (χ0n) is 16.9. The summed E-state index contributed by atoms with van der Waals surface area (Å²) < 4.78 is 1.52. The molecule has 6 nitrogen and oxygen atoms in total. The third-order valence-electron chi connectivity index (χ3n) is 4.79. The van der Waals surface area contributed by atoms with Crippen LogP contribution >= 0.6 is 11.8 Å². The van der Waals surface area contributed by atoms with Crippen LogP contribution < -0.4 is 10.9 Å². The second-order valence-electron chi connectivity index (χ2n) is 6.99. The third kappa shape index (κ3) is 5.19. The lowest BCUT2D eigenvalue weighted by Crippen LogP contribution is -2.27. The Balaban J connectivity index is 1.45. The second kappa shape index (κ2) is 10.0. The number of amides is 1. The van der Waals surface area contributed by atoms with Crippen LogP contribution in [-0.4, -0.2) is 32.7 Å². The van der Waals surface area contributed by atoms with Gasteiger partial charge in [0.15, 0.2) is 5.16 Å². The van der Waals surface area contributed by atoms with Gasteiger partial charge in [0, 0.05) is 12.7 Å². The molecule has 0 aliphatic heterocycles. The Morgan fingerprint density at radius 1 is 1.00 bits per heavy atom. The van der Waals surface area contributed by atoms with E-state index in [1.165, 1.54) is 21.9 Å². The first-order valence-corrected chi connectivity index (χ1v) is 11.1. The zero-order valence-corrected chi connectivity index (χ0v) is 17.7. The van der Waals surface area contributed by atoms with Crippen molar-refractivity contribution in [3.8, 4) is 5.69 Å². The van der Waals surface area contributed by atoms with E-state index in [0.29, 0.717) is 28.3 Å². The Hall–Kier alpha value is -3.45. The Kier molecular flexibility index (Phi) is 6.74. The van der Waals surface area contributed by atoms with Crippen LogP contribution in [0.4, 0.5) is 0 Å². The molecule has 0 aliphatic carbocycles. The molecule has 0 bridgehead atoms. The van der Waals surface area contributed by atoms with Crippen LogP contribution in [-0.2, 0) is 11.2 Å². The quantitative estimate of drug-likeness (QED) is 0.262. The topological polar surface area (TPSA) is 76.9 Å². The molecule has 4 rings (SSSR count). The molecule has 2 aromatic heterocycles. The molecule has 1 N–H and O–H groups in total. The first-order chi connectivity index (χ1) is 15.2. The highest BCUT2D eigenvalue weighted by Crippen LogP contribution is 2.20. The number of carbonyl (C=O) groups excluding carboxylic acids is 1. The number of carbonyl (C=O) groups is 1. The monoisotopic (exact) mass is 430 g/mol. The molecular weight excluding hydrogens is 408 g/mol. The lowest BCUT2D eigenvalue weighted by atomic mass is 10.1. The van der Waals surface area contributed by atoms with Gasteiger partial charge in [-0.15, -0.1) is 0 Å². The van der Waals surface area contributed by atoms with Gasteiger partial charge in [-0.2, -0.15) is 0 Å². The average molecular weight is 431 g/mol. The summed E-state index contributed by atoms with van der Waals surface area (Å²) in [5.41, 5.74) is 2.31. The van der Waals surface area contributed by atoms with E-state index in [2.05, 4.69) is 27.4 Å². The van der Waals surface area contributed by atoms with Gasteiger partial charge >= 0.3 is 0 Å². The Bertz CT molecular complexity index is 1230. The van der Waals surface area contributed by atoms with Crippen LogP contribution in [0.5, 0.6) is 0 Å². The Labute approximate surface area is 184 Å². The molecule has 0 saturated heterocycles. The standard InChI is InChI=1S/C24H22N4O2S/c29-22(26-15-6-10-18-8-2-1-3-9-18)17-31-24-27-21-13-5-4-12-20(21)23(30)28(24)19-11-7-14-25-16-19/h1-5,7-9,11-14,16H,6,10,15,17H2,(H,26,29). The predicted octanol–water partition coefficient (Wildman–Crippen LogP) is 3.62. The summed E-state index contributed by atoms with van der Waals surface area (Å²) in [4.78, 5) is 34.2. The smallest absolute Gasteiger partial charge is 0.266 e. The van der Waals surface area contributed by atoms with Gasteiger partial charge in [-0.05, 0) is 42.7 Å². The fourth-order valence-corrected chi connectivity index (χ4v) is 4.11. The number of hydrogen-bond acceptors (Lipinski definition) is 5. The highest BCUT2D eigenvalue weighted by molar-refractivity contribution is 7.99. The van der Waals surface area contributed by atoms with Crippen LogP contribution in [0, 0.1) is 0 Å². The Morgan fingerprint density at radius 2 is 1.81 bits per heavy atom. The number of thioether (sulfide) groups is 1. The number of hydrogen-bond donors (Lipinski definition) is 1. The summed E-state index contributed by atoms with van der Waals surface area (Å²) in [5.74, 6) is 0.0920. The average Bonchev–Trinajstić information content (AvgIpc) is 2.82. The molecule has 0 fully saturated rings. The molecule has 156 valence electrons. The van der Waals surface area contributed by atoms with Gasteiger partial charge in [0.2, 0.25) is 5.91 Å². The van der Waals surface area contributed by atoms with Gasteiger partial charge in [-0.3, -0.25) is 19.1 Å². The van der Waals surface area contributed by atoms with E-state index in [-0.39, 0.29) is 17.2 Å². The number of benzene rings is 2. The van der Waals surface area contributed by atoms with E-state index < -0.39 is 0 Å². The van der Waals surface area contributed by atoms with Crippen LogP contribution in [0.1, 0.15) is 12.0 Å². The number of nitrogens with zero attached hydrogens (tertiary/aromatic N) is 3. The molecule has 31 heavy (non-hydrogen) atoms. The first kappa shape index (κ1) is 20.8. The SMILES string of the molecule is O=C(CSc1nc2ccccc2c(=O)n1-c1cccnc1)NCCCc1ccccc1. The van der Waals surface area contributed by atoms with Crippen molar-refractivity contribution in [1.29, 1.82) is 0 Å². The molecule has 2 aromatic carbocycles.